The number of ether oxygens (including phenoxy) is 4. The molecule has 0 spiro atoms. The predicted molar refractivity (Wildman–Crippen MR) is 261 cm³/mol. The number of esters is 2. The molecule has 2 aliphatic rings. The normalized spacial score (nSPS) is 19.8. The summed E-state index contributed by atoms with van der Waals surface area (Å²) in [6.07, 6.45) is -6.12. The molecule has 6 aromatic rings. The highest BCUT2D eigenvalue weighted by Gasteiger charge is 2.36. The molecule has 2 fully saturated rings. The maximum absolute atomic E-state index is 12.9. The topological polar surface area (TPSA) is 219 Å². The van der Waals surface area contributed by atoms with E-state index in [2.05, 4.69) is 35.9 Å². The summed E-state index contributed by atoms with van der Waals surface area (Å²) in [5.74, 6) is -1.05. The standard InChI is InChI=1S/C24H25F3N4O4S.C16H22N2O4.C8H4ClF3N2S/c1-34-22(32)15-7-16(9-17(8-15)31-23(33)35-12-14-5-3-2-4-6-14)30-20-19-10-18(11-24(25,26)27)36-21(19)29-13-28-20;1-21-15(19)12-7-13(17)9-14(8-12)18-16(20)22-10-11-5-3-2-4-6-11;9-6-5-1-4(2-8(10,11)12)15-7(5)14-3-13-6/h2-6,10,13,15-17H,7-9,11-12H2,1H3,(H,31,33)(H,28,29,30);2-6,12-14H,7-10,17H2,1H3,(H,18,20);1,3H,2H2/t15-,16+,17-;12-,13+,14-;/m00./s1. The van der Waals surface area contributed by atoms with E-state index in [0.717, 1.165) is 33.8 Å². The fraction of sp³-hybridized carbons (Fsp3) is 0.417. The van der Waals surface area contributed by atoms with Crippen LogP contribution in [0, 0.1) is 11.8 Å². The molecule has 4 aromatic heterocycles. The zero-order chi connectivity index (χ0) is 52.7. The third-order valence-electron chi connectivity index (χ3n) is 11.4. The first-order chi connectivity index (χ1) is 34.7. The highest BCUT2D eigenvalue weighted by molar-refractivity contribution is 7.19. The molecule has 6 atom stereocenters. The molecule has 392 valence electrons. The summed E-state index contributed by atoms with van der Waals surface area (Å²) in [6, 6.07) is 20.5. The Labute approximate surface area is 427 Å². The van der Waals surface area contributed by atoms with Gasteiger partial charge in [0.05, 0.1) is 44.3 Å². The maximum atomic E-state index is 12.9. The number of fused-ring (bicyclic) bond motifs is 2. The summed E-state index contributed by atoms with van der Waals surface area (Å²) in [7, 11) is 2.66. The Balaban J connectivity index is 0.000000198. The number of aromatic nitrogens is 4. The number of carbonyl (C=O) groups is 4. The second kappa shape index (κ2) is 26.0. The van der Waals surface area contributed by atoms with E-state index in [1.807, 2.05) is 60.7 Å². The van der Waals surface area contributed by atoms with Gasteiger partial charge in [-0.05, 0) is 61.8 Å². The van der Waals surface area contributed by atoms with Crippen LogP contribution in [-0.4, -0.2) is 94.8 Å². The molecule has 0 saturated heterocycles. The second-order valence-electron chi connectivity index (χ2n) is 17.1. The van der Waals surface area contributed by atoms with Crippen molar-refractivity contribution in [3.05, 3.63) is 111 Å². The van der Waals surface area contributed by atoms with Crippen molar-refractivity contribution in [2.45, 2.75) is 101 Å². The van der Waals surface area contributed by atoms with Gasteiger partial charge in [-0.2, -0.15) is 26.3 Å². The van der Waals surface area contributed by atoms with Gasteiger partial charge in [0.15, 0.2) is 0 Å². The minimum Gasteiger partial charge on any atom is -0.469 e. The van der Waals surface area contributed by atoms with E-state index in [9.17, 15) is 45.5 Å². The van der Waals surface area contributed by atoms with Crippen LogP contribution in [0.25, 0.3) is 20.4 Å². The summed E-state index contributed by atoms with van der Waals surface area (Å²) in [5, 5.41) is 9.98. The van der Waals surface area contributed by atoms with Crippen molar-refractivity contribution in [3.8, 4) is 0 Å². The number of carbonyl (C=O) groups excluding carboxylic acids is 4. The molecule has 0 aliphatic heterocycles. The molecule has 2 saturated carbocycles. The molecule has 5 N–H and O–H groups in total. The Morgan fingerprint density at radius 2 is 1.08 bits per heavy atom. The summed E-state index contributed by atoms with van der Waals surface area (Å²) in [5.41, 5.74) is 7.71. The van der Waals surface area contributed by atoms with Crippen LogP contribution in [-0.2, 0) is 54.6 Å². The highest BCUT2D eigenvalue weighted by atomic mass is 35.5. The third kappa shape index (κ3) is 18.0. The molecule has 4 heterocycles. The number of alkyl halides is 6. The van der Waals surface area contributed by atoms with Gasteiger partial charge in [-0.1, -0.05) is 72.3 Å². The largest absolute Gasteiger partial charge is 0.469 e. The van der Waals surface area contributed by atoms with Gasteiger partial charge in [-0.15, -0.1) is 22.7 Å². The molecule has 0 unspecified atom stereocenters. The quantitative estimate of drug-likeness (QED) is 0.0388. The third-order valence-corrected chi connectivity index (χ3v) is 13.8. The van der Waals surface area contributed by atoms with Crippen LogP contribution in [0.1, 0.15) is 59.4 Å². The Bertz CT molecular complexity index is 2770. The minimum absolute atomic E-state index is 0.110. The summed E-state index contributed by atoms with van der Waals surface area (Å²) in [6.45, 7) is 0.324. The molecule has 0 radical (unpaired) electrons. The lowest BCUT2D eigenvalue weighted by Gasteiger charge is -2.34. The number of anilines is 1. The predicted octanol–water partition coefficient (Wildman–Crippen LogP) is 9.88. The monoisotopic (exact) mass is 1080 g/mol. The SMILES string of the molecule is COC(=O)[C@@H]1C[C@H](NC(=O)OCc2ccccc2)C[C@H](Nc2ncnc3sc(CC(F)(F)F)cc23)C1.COC(=O)[C@H]1C[C@@H](N)C[C@@H](NC(=O)OCc2ccccc2)C1.FC(F)(F)Cc1cc2c(Cl)ncnc2s1. The zero-order valence-corrected chi connectivity index (χ0v) is 41.6. The van der Waals surface area contributed by atoms with Gasteiger partial charge in [-0.3, -0.25) is 9.59 Å². The molecule has 2 aromatic carbocycles. The molecular formula is C48H51ClF6N8O8S2. The number of hydrogen-bond donors (Lipinski definition) is 4. The van der Waals surface area contributed by atoms with Crippen LogP contribution in [0.4, 0.5) is 41.7 Å². The first kappa shape index (κ1) is 55.9. The van der Waals surface area contributed by atoms with Crippen LogP contribution in [0.15, 0.2) is 85.5 Å². The molecule has 73 heavy (non-hydrogen) atoms. The summed E-state index contributed by atoms with van der Waals surface area (Å²) >= 11 is 7.66. The number of rotatable bonds is 12. The molecule has 2 amide bonds. The van der Waals surface area contributed by atoms with E-state index in [1.165, 1.54) is 39.0 Å². The van der Waals surface area contributed by atoms with Gasteiger partial charge in [-0.25, -0.2) is 29.5 Å². The lowest BCUT2D eigenvalue weighted by atomic mass is 9.82. The average Bonchev–Trinajstić information content (AvgIpc) is 3.96. The number of methoxy groups -OCH3 is 2. The number of nitrogens with one attached hydrogen (secondary N) is 3. The molecule has 16 nitrogen and oxygen atoms in total. The Morgan fingerprint density at radius 3 is 1.58 bits per heavy atom. The van der Waals surface area contributed by atoms with Crippen LogP contribution >= 0.6 is 34.3 Å². The first-order valence-electron chi connectivity index (χ1n) is 22.6. The number of amides is 2. The Kier molecular flexibility index (Phi) is 19.9. The molecule has 25 heteroatoms. The number of hydrogen-bond acceptors (Lipinski definition) is 16. The second-order valence-corrected chi connectivity index (χ2v) is 19.7. The molecule has 2 aliphatic carbocycles. The van der Waals surface area contributed by atoms with Crippen molar-refractivity contribution in [1.29, 1.82) is 0 Å². The number of thiophene rings is 2. The van der Waals surface area contributed by atoms with Crippen molar-refractivity contribution in [2.75, 3.05) is 19.5 Å². The van der Waals surface area contributed by atoms with Gasteiger partial charge in [0.2, 0.25) is 0 Å². The number of nitrogens with zero attached hydrogens (tertiary/aromatic N) is 4. The first-order valence-corrected chi connectivity index (χ1v) is 24.6. The maximum Gasteiger partial charge on any atom is 0.407 e. The number of benzene rings is 2. The van der Waals surface area contributed by atoms with Gasteiger partial charge in [0.1, 0.15) is 46.5 Å². The summed E-state index contributed by atoms with van der Waals surface area (Å²) < 4.78 is 95.1. The molecule has 8 rings (SSSR count). The van der Waals surface area contributed by atoms with Crippen LogP contribution < -0.4 is 21.7 Å². The van der Waals surface area contributed by atoms with E-state index in [-0.39, 0.29) is 64.2 Å². The fourth-order valence-corrected chi connectivity index (χ4v) is 10.6. The van der Waals surface area contributed by atoms with E-state index < -0.39 is 49.3 Å². The van der Waals surface area contributed by atoms with Gasteiger partial charge in [0.25, 0.3) is 0 Å². The average molecular weight is 1080 g/mol. The number of nitrogens with two attached hydrogens (primary N) is 1. The lowest BCUT2D eigenvalue weighted by Crippen LogP contribution is -2.46. The van der Waals surface area contributed by atoms with Gasteiger partial charge in [0, 0.05) is 39.3 Å². The van der Waals surface area contributed by atoms with E-state index in [0.29, 0.717) is 64.8 Å². The van der Waals surface area contributed by atoms with Crippen molar-refractivity contribution in [2.24, 2.45) is 17.6 Å². The highest BCUT2D eigenvalue weighted by Crippen LogP contribution is 2.35. The van der Waals surface area contributed by atoms with Crippen molar-refractivity contribution >= 4 is 84.7 Å². The van der Waals surface area contributed by atoms with E-state index >= 15 is 0 Å². The van der Waals surface area contributed by atoms with Crippen LogP contribution in [0.3, 0.4) is 0 Å². The van der Waals surface area contributed by atoms with E-state index in [4.69, 9.17) is 36.3 Å². The van der Waals surface area contributed by atoms with Crippen molar-refractivity contribution < 1.29 is 64.5 Å². The minimum atomic E-state index is -4.33. The smallest absolute Gasteiger partial charge is 0.407 e. The Hall–Kier alpha value is -6.37. The number of alkyl carbamates (subject to hydrolysis) is 2. The van der Waals surface area contributed by atoms with Crippen molar-refractivity contribution in [3.63, 3.8) is 0 Å². The fourth-order valence-electron chi connectivity index (χ4n) is 8.28. The van der Waals surface area contributed by atoms with Gasteiger partial charge < -0.3 is 40.6 Å². The van der Waals surface area contributed by atoms with Crippen LogP contribution in [0.5, 0.6) is 0 Å². The van der Waals surface area contributed by atoms with Crippen LogP contribution in [0.2, 0.25) is 5.15 Å². The molecular weight excluding hydrogens is 1030 g/mol. The van der Waals surface area contributed by atoms with E-state index in [1.54, 1.807) is 0 Å². The lowest BCUT2D eigenvalue weighted by molar-refractivity contribution is -0.147. The van der Waals surface area contributed by atoms with Crippen molar-refractivity contribution in [1.82, 2.24) is 30.6 Å². The number of halogens is 7. The molecule has 0 bridgehead atoms. The summed E-state index contributed by atoms with van der Waals surface area (Å²) in [4.78, 5) is 65.3. The van der Waals surface area contributed by atoms with Gasteiger partial charge >= 0.3 is 36.5 Å². The Morgan fingerprint density at radius 1 is 0.630 bits per heavy atom. The zero-order valence-electron chi connectivity index (χ0n) is 39.2.